The lowest BCUT2D eigenvalue weighted by atomic mass is 10.1. The number of halogens is 2. The third kappa shape index (κ3) is 8.25. The Morgan fingerprint density at radius 2 is 1.60 bits per heavy atom. The van der Waals surface area contributed by atoms with Crippen LogP contribution in [0.4, 0.5) is 5.69 Å². The Balaban J connectivity index is 1.31. The lowest BCUT2D eigenvalue weighted by Gasteiger charge is -2.11. The molecule has 226 valence electrons. The van der Waals surface area contributed by atoms with Gasteiger partial charge in [0.15, 0.2) is 5.78 Å². The zero-order chi connectivity index (χ0) is 31.8. The number of furan rings is 1. The van der Waals surface area contributed by atoms with Crippen LogP contribution in [-0.2, 0) is 4.79 Å². The van der Waals surface area contributed by atoms with E-state index in [9.17, 15) is 14.4 Å². The minimum atomic E-state index is -0.553. The second-order valence-corrected chi connectivity index (χ2v) is 11.5. The highest BCUT2D eigenvalue weighted by atomic mass is 35.5. The van der Waals surface area contributed by atoms with Gasteiger partial charge in [-0.15, -0.1) is 11.8 Å². The van der Waals surface area contributed by atoms with Gasteiger partial charge in [0, 0.05) is 32.8 Å². The van der Waals surface area contributed by atoms with E-state index in [0.29, 0.717) is 44.1 Å². The number of ether oxygens (including phenoxy) is 1. The third-order valence-electron chi connectivity index (χ3n) is 6.53. The number of anilines is 1. The Kier molecular flexibility index (Phi) is 10.4. The lowest BCUT2D eigenvalue weighted by molar-refractivity contribution is -0.113. The van der Waals surface area contributed by atoms with Gasteiger partial charge in [0.05, 0.1) is 23.4 Å². The van der Waals surface area contributed by atoms with Gasteiger partial charge in [-0.25, -0.2) is 0 Å². The number of nitrogens with one attached hydrogen (secondary N) is 2. The van der Waals surface area contributed by atoms with E-state index >= 15 is 0 Å². The van der Waals surface area contributed by atoms with Gasteiger partial charge >= 0.3 is 0 Å². The van der Waals surface area contributed by atoms with E-state index in [-0.39, 0.29) is 17.2 Å². The van der Waals surface area contributed by atoms with Crippen molar-refractivity contribution in [3.05, 3.63) is 142 Å². The summed E-state index contributed by atoms with van der Waals surface area (Å²) in [5, 5.41) is 6.29. The summed E-state index contributed by atoms with van der Waals surface area (Å²) < 4.78 is 11.4. The zero-order valence-corrected chi connectivity index (χ0v) is 26.2. The highest BCUT2D eigenvalue weighted by Crippen LogP contribution is 2.31. The van der Waals surface area contributed by atoms with Crippen LogP contribution < -0.4 is 15.4 Å². The molecule has 0 bridgehead atoms. The molecule has 1 aromatic heterocycles. The summed E-state index contributed by atoms with van der Waals surface area (Å²) in [6.45, 7) is 0. The first-order valence-corrected chi connectivity index (χ1v) is 15.4. The molecule has 5 rings (SSSR count). The molecule has 0 radical (unpaired) electrons. The van der Waals surface area contributed by atoms with Crippen molar-refractivity contribution in [2.75, 3.05) is 18.2 Å². The highest BCUT2D eigenvalue weighted by Gasteiger charge is 2.17. The minimum absolute atomic E-state index is 0.0197. The molecular formula is C35H26Cl2N2O5S. The van der Waals surface area contributed by atoms with Crippen molar-refractivity contribution in [1.29, 1.82) is 0 Å². The van der Waals surface area contributed by atoms with Crippen molar-refractivity contribution in [1.82, 2.24) is 5.32 Å². The number of carbonyl (C=O) groups is 3. The first kappa shape index (κ1) is 31.7. The van der Waals surface area contributed by atoms with Crippen molar-refractivity contribution in [3.8, 4) is 17.1 Å². The summed E-state index contributed by atoms with van der Waals surface area (Å²) >= 11 is 13.4. The molecule has 0 unspecified atom stereocenters. The molecule has 0 saturated carbocycles. The Hall–Kier alpha value is -4.76. The Morgan fingerprint density at radius 3 is 2.33 bits per heavy atom. The van der Waals surface area contributed by atoms with Crippen molar-refractivity contribution in [3.63, 3.8) is 0 Å². The molecular weight excluding hydrogens is 631 g/mol. The molecule has 0 spiro atoms. The molecule has 2 amide bonds. The van der Waals surface area contributed by atoms with E-state index in [2.05, 4.69) is 10.6 Å². The number of methoxy groups -OCH3 is 1. The summed E-state index contributed by atoms with van der Waals surface area (Å²) in [7, 11) is 1.58. The van der Waals surface area contributed by atoms with Gasteiger partial charge in [-0.05, 0) is 78.9 Å². The largest absolute Gasteiger partial charge is 0.496 e. The van der Waals surface area contributed by atoms with Gasteiger partial charge in [0.2, 0.25) is 0 Å². The predicted molar refractivity (Wildman–Crippen MR) is 179 cm³/mol. The number of rotatable bonds is 11. The van der Waals surface area contributed by atoms with Crippen LogP contribution in [0.25, 0.3) is 17.4 Å². The smallest absolute Gasteiger partial charge is 0.272 e. The summed E-state index contributed by atoms with van der Waals surface area (Å²) in [6.07, 6.45) is 1.47. The fraction of sp³-hybridized carbons (Fsp3) is 0.0571. The number of ketones is 1. The molecule has 10 heteroatoms. The van der Waals surface area contributed by atoms with Crippen LogP contribution in [0.1, 0.15) is 26.5 Å². The fourth-order valence-electron chi connectivity index (χ4n) is 4.28. The Bertz CT molecular complexity index is 1870. The summed E-state index contributed by atoms with van der Waals surface area (Å²) in [5.74, 6) is 0.565. The van der Waals surface area contributed by atoms with E-state index in [1.165, 1.54) is 23.9 Å². The number of Topliss-reactive ketones (excluding diaryl/α,β-unsaturated/α-hetero) is 1. The SMILES string of the molecule is COc1ccccc1-c1ccc(/C=C(/NC(=O)c2ccccc2)C(=O)Nc2ccc(SCC(=O)c3ccc(Cl)cc3Cl)cc2)o1. The molecule has 0 aliphatic carbocycles. The number of para-hydroxylation sites is 1. The molecule has 0 atom stereocenters. The van der Waals surface area contributed by atoms with E-state index in [1.54, 1.807) is 86.0 Å². The van der Waals surface area contributed by atoms with E-state index in [1.807, 2.05) is 24.3 Å². The van der Waals surface area contributed by atoms with Crippen LogP contribution in [0.5, 0.6) is 5.75 Å². The quantitative estimate of drug-likeness (QED) is 0.0839. The first-order chi connectivity index (χ1) is 21.8. The standard InChI is InChI=1S/C35H26Cl2N2O5S/c1-43-32-10-6-5-9-28(32)33-18-14-25(44-33)20-30(39-34(41)22-7-3-2-4-8-22)35(42)38-24-12-15-26(16-13-24)45-21-31(40)27-17-11-23(36)19-29(27)37/h2-20H,21H2,1H3,(H,38,42)(H,39,41)/b30-20+. The number of hydrogen-bond donors (Lipinski definition) is 2. The zero-order valence-electron chi connectivity index (χ0n) is 23.9. The first-order valence-electron chi connectivity index (χ1n) is 13.6. The van der Waals surface area contributed by atoms with Crippen LogP contribution in [0.3, 0.4) is 0 Å². The molecule has 0 fully saturated rings. The lowest BCUT2D eigenvalue weighted by Crippen LogP contribution is -2.30. The highest BCUT2D eigenvalue weighted by molar-refractivity contribution is 8.00. The van der Waals surface area contributed by atoms with Gasteiger partial charge in [-0.2, -0.15) is 0 Å². The molecule has 7 nitrogen and oxygen atoms in total. The van der Waals surface area contributed by atoms with Gasteiger partial charge in [-0.3, -0.25) is 14.4 Å². The van der Waals surface area contributed by atoms with Crippen molar-refractivity contribution in [2.24, 2.45) is 0 Å². The second kappa shape index (κ2) is 14.8. The van der Waals surface area contributed by atoms with Crippen LogP contribution in [0.15, 0.2) is 124 Å². The number of carbonyl (C=O) groups excluding carboxylic acids is 3. The molecule has 0 aliphatic heterocycles. The number of benzene rings is 4. The van der Waals surface area contributed by atoms with Crippen LogP contribution >= 0.6 is 35.0 Å². The maximum atomic E-state index is 13.4. The van der Waals surface area contributed by atoms with E-state index < -0.39 is 11.8 Å². The van der Waals surface area contributed by atoms with Crippen LogP contribution in [0, 0.1) is 0 Å². The number of amides is 2. The van der Waals surface area contributed by atoms with Crippen LogP contribution in [0.2, 0.25) is 10.0 Å². The third-order valence-corrected chi connectivity index (χ3v) is 8.09. The normalized spacial score (nSPS) is 11.1. The van der Waals surface area contributed by atoms with Crippen molar-refractivity contribution >= 4 is 64.3 Å². The van der Waals surface area contributed by atoms with Gasteiger partial charge in [0.25, 0.3) is 11.8 Å². The average Bonchev–Trinajstić information content (AvgIpc) is 3.52. The van der Waals surface area contributed by atoms with Gasteiger partial charge in [0.1, 0.15) is 23.0 Å². The predicted octanol–water partition coefficient (Wildman–Crippen LogP) is 8.65. The van der Waals surface area contributed by atoms with Crippen molar-refractivity contribution < 1.29 is 23.5 Å². The number of thioether (sulfide) groups is 1. The second-order valence-electron chi connectivity index (χ2n) is 9.59. The van der Waals surface area contributed by atoms with E-state index in [0.717, 1.165) is 10.5 Å². The molecule has 4 aromatic carbocycles. The summed E-state index contributed by atoms with van der Waals surface area (Å²) in [6, 6.07) is 31.2. The monoisotopic (exact) mass is 656 g/mol. The molecule has 5 aromatic rings. The fourth-order valence-corrected chi connectivity index (χ4v) is 5.58. The molecule has 0 aliphatic rings. The molecule has 0 saturated heterocycles. The summed E-state index contributed by atoms with van der Waals surface area (Å²) in [5.41, 5.74) is 2.01. The van der Waals surface area contributed by atoms with E-state index in [4.69, 9.17) is 32.4 Å². The Morgan fingerprint density at radius 1 is 0.867 bits per heavy atom. The van der Waals surface area contributed by atoms with Crippen molar-refractivity contribution in [2.45, 2.75) is 4.90 Å². The number of hydrogen-bond acceptors (Lipinski definition) is 6. The van der Waals surface area contributed by atoms with Crippen LogP contribution in [-0.4, -0.2) is 30.5 Å². The molecule has 2 N–H and O–H groups in total. The minimum Gasteiger partial charge on any atom is -0.496 e. The maximum Gasteiger partial charge on any atom is 0.272 e. The van der Waals surface area contributed by atoms with Gasteiger partial charge in [-0.1, -0.05) is 53.5 Å². The maximum absolute atomic E-state index is 13.4. The van der Waals surface area contributed by atoms with Gasteiger partial charge < -0.3 is 19.8 Å². The Labute approximate surface area is 274 Å². The molecule has 1 heterocycles. The molecule has 45 heavy (non-hydrogen) atoms. The average molecular weight is 658 g/mol. The summed E-state index contributed by atoms with van der Waals surface area (Å²) in [4.78, 5) is 39.9. The topological polar surface area (TPSA) is 97.6 Å².